The number of esters is 1. The Balaban J connectivity index is 0. The molecule has 1 atom stereocenters. The first-order valence-electron chi connectivity index (χ1n) is 14.1. The van der Waals surface area contributed by atoms with Crippen LogP contribution in [0.2, 0.25) is 0 Å². The quantitative estimate of drug-likeness (QED) is 0.288. The van der Waals surface area contributed by atoms with Crippen molar-refractivity contribution < 1.29 is 14.6 Å². The van der Waals surface area contributed by atoms with Crippen LogP contribution in [0.1, 0.15) is 134 Å². The van der Waals surface area contributed by atoms with Gasteiger partial charge in [0.05, 0.1) is 13.2 Å². The number of thiophene rings is 1. The Bertz CT molecular complexity index is 605. The molecule has 1 aromatic heterocycles. The second-order valence-corrected chi connectivity index (χ2v) is 9.47. The highest BCUT2D eigenvalue weighted by Crippen LogP contribution is 2.47. The van der Waals surface area contributed by atoms with Gasteiger partial charge in [-0.25, -0.2) is 4.79 Å². The molecule has 2 fully saturated rings. The van der Waals surface area contributed by atoms with Crippen LogP contribution in [0.4, 0.5) is 0 Å². The minimum Gasteiger partial charge on any atom is -0.465 e. The van der Waals surface area contributed by atoms with Crippen molar-refractivity contribution in [1.29, 1.82) is 0 Å². The fourth-order valence-corrected chi connectivity index (χ4v) is 5.35. The van der Waals surface area contributed by atoms with E-state index < -0.39 is 0 Å². The van der Waals surface area contributed by atoms with Gasteiger partial charge in [0.2, 0.25) is 0 Å². The third kappa shape index (κ3) is 12.5. The van der Waals surface area contributed by atoms with E-state index in [2.05, 4.69) is 30.7 Å². The SMILES string of the molecule is CC.CC.CC.CCC1(C(O)C/C=C/C2CCCC2)CCC1.CCCc1ccc(C(=O)OC)s1. The number of hydrogen-bond donors (Lipinski definition) is 1. The highest BCUT2D eigenvalue weighted by atomic mass is 32.1. The molecule has 0 aromatic carbocycles. The lowest BCUT2D eigenvalue weighted by molar-refractivity contribution is -0.0355. The summed E-state index contributed by atoms with van der Waals surface area (Å²) in [4.78, 5) is 13.0. The molecule has 0 radical (unpaired) electrons. The summed E-state index contributed by atoms with van der Waals surface area (Å²) in [6.07, 6.45) is 18.0. The lowest BCUT2D eigenvalue weighted by Gasteiger charge is -2.45. The normalized spacial score (nSPS) is 16.8. The molecule has 3 rings (SSSR count). The first-order valence-corrected chi connectivity index (χ1v) is 14.9. The average molecular weight is 497 g/mol. The van der Waals surface area contributed by atoms with Crippen molar-refractivity contribution in [3.8, 4) is 0 Å². The minimum atomic E-state index is -0.234. The standard InChI is InChI=1S/C15H26O.C9H12O2S.3C2H6/c1-2-15(11-6-12-15)14(16)10-5-9-13-7-3-4-8-13;1-3-4-7-5-6-8(12-7)9(10)11-2;3*1-2/h5,9,13-14,16H,2-4,6-8,10-12H2,1H3;5-6H,3-4H2,1-2H3;3*1-2H3/b9-5+;;;;. The Kier molecular flexibility index (Phi) is 23.0. The topological polar surface area (TPSA) is 46.5 Å². The molecule has 2 aliphatic carbocycles. The van der Waals surface area contributed by atoms with Gasteiger partial charge in [-0.3, -0.25) is 0 Å². The zero-order chi connectivity index (χ0) is 26.4. The number of allylic oxidation sites excluding steroid dienone is 1. The molecule has 0 saturated heterocycles. The lowest BCUT2D eigenvalue weighted by Crippen LogP contribution is -2.40. The van der Waals surface area contributed by atoms with Crippen molar-refractivity contribution in [2.75, 3.05) is 7.11 Å². The van der Waals surface area contributed by atoms with Gasteiger partial charge in [-0.05, 0) is 68.4 Å². The fraction of sp³-hybridized carbons (Fsp3) is 0.767. The molecule has 200 valence electrons. The van der Waals surface area contributed by atoms with E-state index >= 15 is 0 Å². The van der Waals surface area contributed by atoms with E-state index in [4.69, 9.17) is 0 Å². The second kappa shape index (κ2) is 22.3. The summed E-state index contributed by atoms with van der Waals surface area (Å²) in [5.41, 5.74) is 0.278. The van der Waals surface area contributed by atoms with Crippen LogP contribution in [0.3, 0.4) is 0 Å². The Morgan fingerprint density at radius 2 is 1.68 bits per heavy atom. The van der Waals surface area contributed by atoms with E-state index in [9.17, 15) is 9.90 Å². The summed E-state index contributed by atoms with van der Waals surface area (Å²) in [5.74, 6) is 0.577. The van der Waals surface area contributed by atoms with Crippen molar-refractivity contribution in [2.45, 2.75) is 132 Å². The predicted octanol–water partition coefficient (Wildman–Crippen LogP) is 9.63. The molecule has 0 aliphatic heterocycles. The number of carbonyl (C=O) groups excluding carboxylic acids is 1. The Hall–Kier alpha value is -1.13. The van der Waals surface area contributed by atoms with Crippen LogP contribution in [-0.2, 0) is 11.2 Å². The number of ether oxygens (including phenoxy) is 1. The molecule has 1 N–H and O–H groups in total. The van der Waals surface area contributed by atoms with Crippen molar-refractivity contribution in [3.63, 3.8) is 0 Å². The van der Waals surface area contributed by atoms with Gasteiger partial charge < -0.3 is 9.84 Å². The van der Waals surface area contributed by atoms with Crippen LogP contribution in [0.25, 0.3) is 0 Å². The van der Waals surface area contributed by atoms with Crippen LogP contribution < -0.4 is 0 Å². The zero-order valence-electron chi connectivity index (χ0n) is 23.9. The molecular weight excluding hydrogens is 440 g/mol. The van der Waals surface area contributed by atoms with Crippen molar-refractivity contribution >= 4 is 17.3 Å². The maximum atomic E-state index is 11.0. The second-order valence-electron chi connectivity index (χ2n) is 8.30. The molecule has 1 heterocycles. The fourth-order valence-electron chi connectivity index (χ4n) is 4.32. The maximum Gasteiger partial charge on any atom is 0.348 e. The van der Waals surface area contributed by atoms with Gasteiger partial charge in [-0.15, -0.1) is 11.3 Å². The number of carbonyl (C=O) groups is 1. The van der Waals surface area contributed by atoms with Gasteiger partial charge in [-0.1, -0.05) is 93.2 Å². The van der Waals surface area contributed by atoms with E-state index in [1.54, 1.807) is 0 Å². The van der Waals surface area contributed by atoms with E-state index in [-0.39, 0.29) is 17.5 Å². The molecule has 1 unspecified atom stereocenters. The van der Waals surface area contributed by atoms with Crippen LogP contribution >= 0.6 is 11.3 Å². The van der Waals surface area contributed by atoms with E-state index in [0.29, 0.717) is 4.88 Å². The molecule has 0 amide bonds. The van der Waals surface area contributed by atoms with Gasteiger partial charge in [-0.2, -0.15) is 0 Å². The highest BCUT2D eigenvalue weighted by molar-refractivity contribution is 7.13. The summed E-state index contributed by atoms with van der Waals surface area (Å²) in [7, 11) is 1.40. The van der Waals surface area contributed by atoms with Gasteiger partial charge in [0.25, 0.3) is 0 Å². The summed E-state index contributed by atoms with van der Waals surface area (Å²) in [6, 6.07) is 3.81. The summed E-state index contributed by atoms with van der Waals surface area (Å²) >= 11 is 1.52. The van der Waals surface area contributed by atoms with Crippen LogP contribution in [-0.4, -0.2) is 24.3 Å². The number of hydrogen-bond acceptors (Lipinski definition) is 4. The average Bonchev–Trinajstić information content (AvgIpc) is 3.55. The molecule has 4 heteroatoms. The number of methoxy groups -OCH3 is 1. The molecule has 3 nitrogen and oxygen atoms in total. The van der Waals surface area contributed by atoms with Gasteiger partial charge >= 0.3 is 5.97 Å². The van der Waals surface area contributed by atoms with Gasteiger partial charge in [0, 0.05) is 4.88 Å². The predicted molar refractivity (Wildman–Crippen MR) is 152 cm³/mol. The van der Waals surface area contributed by atoms with Crippen molar-refractivity contribution in [1.82, 2.24) is 0 Å². The zero-order valence-corrected chi connectivity index (χ0v) is 24.7. The molecule has 0 bridgehead atoms. The number of aliphatic hydroxyl groups excluding tert-OH is 1. The van der Waals surface area contributed by atoms with E-state index in [0.717, 1.165) is 31.6 Å². The van der Waals surface area contributed by atoms with Gasteiger partial charge in [0.15, 0.2) is 0 Å². The summed E-state index contributed by atoms with van der Waals surface area (Å²) in [6.45, 7) is 16.3. The number of aliphatic hydroxyl groups is 1. The van der Waals surface area contributed by atoms with Gasteiger partial charge in [0.1, 0.15) is 4.88 Å². The summed E-state index contributed by atoms with van der Waals surface area (Å²) in [5, 5.41) is 10.2. The van der Waals surface area contributed by atoms with E-state index in [1.807, 2.05) is 53.7 Å². The molecule has 1 aromatic rings. The Morgan fingerprint density at radius 1 is 1.09 bits per heavy atom. The van der Waals surface area contributed by atoms with Crippen molar-refractivity contribution in [2.24, 2.45) is 11.3 Å². The molecule has 0 spiro atoms. The number of rotatable bonds is 8. The molecule has 2 saturated carbocycles. The lowest BCUT2D eigenvalue weighted by atomic mass is 9.63. The maximum absolute atomic E-state index is 11.0. The smallest absolute Gasteiger partial charge is 0.348 e. The monoisotopic (exact) mass is 496 g/mol. The molecule has 2 aliphatic rings. The molecule has 34 heavy (non-hydrogen) atoms. The highest BCUT2D eigenvalue weighted by Gasteiger charge is 2.40. The Labute approximate surface area is 216 Å². The van der Waals surface area contributed by atoms with Crippen LogP contribution in [0.5, 0.6) is 0 Å². The van der Waals surface area contributed by atoms with E-state index in [1.165, 1.54) is 68.3 Å². The van der Waals surface area contributed by atoms with Crippen LogP contribution in [0, 0.1) is 11.3 Å². The third-order valence-electron chi connectivity index (χ3n) is 6.47. The minimum absolute atomic E-state index is 0.0936. The van der Waals surface area contributed by atoms with Crippen LogP contribution in [0.15, 0.2) is 24.3 Å². The summed E-state index contributed by atoms with van der Waals surface area (Å²) < 4.78 is 4.60. The number of aryl methyl sites for hydroxylation is 1. The first-order chi connectivity index (χ1) is 16.5. The van der Waals surface area contributed by atoms with Crippen molar-refractivity contribution in [3.05, 3.63) is 34.0 Å². The molecular formula is C30H56O3S. The Morgan fingerprint density at radius 3 is 2.12 bits per heavy atom. The largest absolute Gasteiger partial charge is 0.465 e. The first kappa shape index (κ1) is 35.0. The third-order valence-corrected chi connectivity index (χ3v) is 7.60.